The van der Waals surface area contributed by atoms with Crippen molar-refractivity contribution in [2.45, 2.75) is 25.5 Å². The molecule has 0 radical (unpaired) electrons. The van der Waals surface area contributed by atoms with Gasteiger partial charge in [0.1, 0.15) is 6.04 Å². The van der Waals surface area contributed by atoms with Crippen LogP contribution in [-0.2, 0) is 35.3 Å². The van der Waals surface area contributed by atoms with Gasteiger partial charge in [0.15, 0.2) is 12.7 Å². The van der Waals surface area contributed by atoms with E-state index in [4.69, 9.17) is 10.8 Å². The molecule has 2 unspecified atom stereocenters. The molecule has 0 aliphatic heterocycles. The number of hydrogen-bond acceptors (Lipinski definition) is 9. The van der Waals surface area contributed by atoms with Crippen molar-refractivity contribution in [3.8, 4) is 0 Å². The standard InChI is InChI=1S/C11H15N3O7/c1-6(15)10(17)21-20-9(16)4-19-11(18)8(12)2-7-3-13-5-14-7/h3,5-6,8,15H,2,4,12H2,1H3,(H,13,14). The quantitative estimate of drug-likeness (QED) is 0.314. The van der Waals surface area contributed by atoms with Crippen molar-refractivity contribution in [1.82, 2.24) is 9.97 Å². The van der Waals surface area contributed by atoms with Crippen molar-refractivity contribution < 1.29 is 34.0 Å². The molecular formula is C11H15N3O7. The number of imidazole rings is 1. The minimum absolute atomic E-state index is 0.158. The number of esters is 1. The van der Waals surface area contributed by atoms with Crippen LogP contribution in [0.1, 0.15) is 12.6 Å². The molecule has 21 heavy (non-hydrogen) atoms. The Morgan fingerprint density at radius 1 is 1.38 bits per heavy atom. The van der Waals surface area contributed by atoms with Crippen LogP contribution in [0.25, 0.3) is 0 Å². The lowest BCUT2D eigenvalue weighted by molar-refractivity contribution is -0.265. The van der Waals surface area contributed by atoms with Crippen LogP contribution in [0.15, 0.2) is 12.5 Å². The molecule has 1 aromatic heterocycles. The number of carbonyl (C=O) groups excluding carboxylic acids is 3. The van der Waals surface area contributed by atoms with E-state index >= 15 is 0 Å². The molecule has 4 N–H and O–H groups in total. The molecule has 0 saturated carbocycles. The predicted molar refractivity (Wildman–Crippen MR) is 65.1 cm³/mol. The van der Waals surface area contributed by atoms with Crippen molar-refractivity contribution in [2.24, 2.45) is 5.73 Å². The van der Waals surface area contributed by atoms with E-state index in [1.807, 2.05) is 0 Å². The van der Waals surface area contributed by atoms with Crippen molar-refractivity contribution in [3.05, 3.63) is 18.2 Å². The third kappa shape index (κ3) is 6.01. The summed E-state index contributed by atoms with van der Waals surface area (Å²) in [5.74, 6) is -3.10. The molecule has 10 heteroatoms. The summed E-state index contributed by atoms with van der Waals surface area (Å²) in [6, 6.07) is -0.988. The van der Waals surface area contributed by atoms with Crippen molar-refractivity contribution in [1.29, 1.82) is 0 Å². The number of aromatic nitrogens is 2. The normalized spacial score (nSPS) is 13.1. The Balaban J connectivity index is 2.25. The highest BCUT2D eigenvalue weighted by Crippen LogP contribution is 1.98. The summed E-state index contributed by atoms with van der Waals surface area (Å²) in [7, 11) is 0. The van der Waals surface area contributed by atoms with Crippen LogP contribution in [0.4, 0.5) is 0 Å². The van der Waals surface area contributed by atoms with Gasteiger partial charge in [-0.25, -0.2) is 24.3 Å². The van der Waals surface area contributed by atoms with Gasteiger partial charge in [-0.15, -0.1) is 0 Å². The van der Waals surface area contributed by atoms with Crippen LogP contribution in [0.5, 0.6) is 0 Å². The Morgan fingerprint density at radius 3 is 2.67 bits per heavy atom. The largest absolute Gasteiger partial charge is 0.452 e. The summed E-state index contributed by atoms with van der Waals surface area (Å²) < 4.78 is 4.58. The average molecular weight is 301 g/mol. The number of rotatable bonds is 6. The summed E-state index contributed by atoms with van der Waals surface area (Å²) in [4.78, 5) is 47.9. The first-order chi connectivity index (χ1) is 9.90. The smallest absolute Gasteiger partial charge is 0.392 e. The fourth-order valence-electron chi connectivity index (χ4n) is 1.13. The topological polar surface area (TPSA) is 154 Å². The number of nitrogens with zero attached hydrogens (tertiary/aromatic N) is 1. The first kappa shape index (κ1) is 16.6. The third-order valence-corrected chi connectivity index (χ3v) is 2.19. The van der Waals surface area contributed by atoms with Crippen LogP contribution in [0, 0.1) is 0 Å². The van der Waals surface area contributed by atoms with Crippen LogP contribution in [-0.4, -0.2) is 51.7 Å². The van der Waals surface area contributed by atoms with Crippen molar-refractivity contribution in [2.75, 3.05) is 6.61 Å². The number of ether oxygens (including phenoxy) is 1. The molecule has 1 heterocycles. The first-order valence-electron chi connectivity index (χ1n) is 5.89. The van der Waals surface area contributed by atoms with Gasteiger partial charge in [-0.05, 0) is 6.92 Å². The minimum Gasteiger partial charge on any atom is -0.452 e. The van der Waals surface area contributed by atoms with Gasteiger partial charge in [-0.2, -0.15) is 0 Å². The third-order valence-electron chi connectivity index (χ3n) is 2.19. The van der Waals surface area contributed by atoms with Gasteiger partial charge in [0.05, 0.1) is 6.33 Å². The maximum absolute atomic E-state index is 11.5. The second-order valence-electron chi connectivity index (χ2n) is 4.03. The molecule has 1 rings (SSSR count). The molecule has 0 fully saturated rings. The highest BCUT2D eigenvalue weighted by atomic mass is 17.2. The summed E-state index contributed by atoms with van der Waals surface area (Å²) in [6.07, 6.45) is 1.64. The molecule has 2 atom stereocenters. The molecular weight excluding hydrogens is 286 g/mol. The summed E-state index contributed by atoms with van der Waals surface area (Å²) in [6.45, 7) is 0.354. The molecule has 0 aliphatic rings. The second kappa shape index (κ2) is 7.97. The Hall–Kier alpha value is -2.46. The predicted octanol–water partition coefficient (Wildman–Crippen LogP) is -1.80. The first-order valence-corrected chi connectivity index (χ1v) is 5.89. The Labute approximate surface area is 119 Å². The molecule has 0 spiro atoms. The van der Waals surface area contributed by atoms with Crippen molar-refractivity contribution in [3.63, 3.8) is 0 Å². The molecule has 10 nitrogen and oxygen atoms in total. The summed E-state index contributed by atoms with van der Waals surface area (Å²) >= 11 is 0. The van der Waals surface area contributed by atoms with Crippen LogP contribution >= 0.6 is 0 Å². The van der Waals surface area contributed by atoms with Gasteiger partial charge in [-0.1, -0.05) is 0 Å². The van der Waals surface area contributed by atoms with Crippen LogP contribution in [0.3, 0.4) is 0 Å². The Kier molecular flexibility index (Phi) is 6.30. The average Bonchev–Trinajstić information content (AvgIpc) is 2.94. The Morgan fingerprint density at radius 2 is 2.10 bits per heavy atom. The molecule has 0 saturated heterocycles. The molecule has 116 valence electrons. The van der Waals surface area contributed by atoms with Gasteiger partial charge in [0, 0.05) is 18.3 Å². The lowest BCUT2D eigenvalue weighted by atomic mass is 10.2. The SMILES string of the molecule is CC(O)C(=O)OOC(=O)COC(=O)C(N)Cc1cnc[nH]1. The van der Waals surface area contributed by atoms with Crippen molar-refractivity contribution >= 4 is 17.9 Å². The number of carbonyl (C=O) groups is 3. The van der Waals surface area contributed by atoms with E-state index in [1.165, 1.54) is 12.5 Å². The molecule has 0 aliphatic carbocycles. The maximum Gasteiger partial charge on any atom is 0.392 e. The number of aliphatic hydroxyl groups excluding tert-OH is 1. The molecule has 0 amide bonds. The van der Waals surface area contributed by atoms with Gasteiger partial charge in [0.2, 0.25) is 0 Å². The summed E-state index contributed by atoms with van der Waals surface area (Å²) in [5, 5.41) is 8.77. The number of H-pyrrole nitrogens is 1. The number of hydrogen-bond donors (Lipinski definition) is 3. The van der Waals surface area contributed by atoms with Crippen LogP contribution < -0.4 is 5.73 Å². The molecule has 0 bridgehead atoms. The highest BCUT2D eigenvalue weighted by molar-refractivity contribution is 5.80. The van der Waals surface area contributed by atoms with E-state index in [1.54, 1.807) is 0 Å². The minimum atomic E-state index is -1.44. The maximum atomic E-state index is 11.5. The van der Waals surface area contributed by atoms with E-state index in [9.17, 15) is 14.4 Å². The van der Waals surface area contributed by atoms with Crippen LogP contribution in [0.2, 0.25) is 0 Å². The zero-order chi connectivity index (χ0) is 15.8. The van der Waals surface area contributed by atoms with Gasteiger partial charge >= 0.3 is 17.9 Å². The number of nitrogens with two attached hydrogens (primary N) is 1. The number of nitrogens with one attached hydrogen (secondary N) is 1. The monoisotopic (exact) mass is 301 g/mol. The van der Waals surface area contributed by atoms with Gasteiger partial charge in [-0.3, -0.25) is 4.79 Å². The second-order valence-corrected chi connectivity index (χ2v) is 4.03. The van der Waals surface area contributed by atoms with E-state index < -0.39 is 36.7 Å². The fraction of sp³-hybridized carbons (Fsp3) is 0.455. The fourth-order valence-corrected chi connectivity index (χ4v) is 1.13. The molecule has 1 aromatic rings. The van der Waals surface area contributed by atoms with Gasteiger partial charge in [0.25, 0.3) is 0 Å². The van der Waals surface area contributed by atoms with E-state index in [2.05, 4.69) is 24.5 Å². The lowest BCUT2D eigenvalue weighted by Crippen LogP contribution is -2.35. The lowest BCUT2D eigenvalue weighted by Gasteiger charge is -2.10. The van der Waals surface area contributed by atoms with E-state index in [0.29, 0.717) is 5.69 Å². The zero-order valence-electron chi connectivity index (χ0n) is 11.1. The van der Waals surface area contributed by atoms with E-state index in [0.717, 1.165) is 6.92 Å². The zero-order valence-corrected chi connectivity index (χ0v) is 11.1. The highest BCUT2D eigenvalue weighted by Gasteiger charge is 2.20. The number of aromatic amines is 1. The Bertz CT molecular complexity index is 486. The van der Waals surface area contributed by atoms with Gasteiger partial charge < -0.3 is 20.6 Å². The molecule has 0 aromatic carbocycles. The summed E-state index contributed by atoms with van der Waals surface area (Å²) in [5.41, 5.74) is 6.20. The van der Waals surface area contributed by atoms with E-state index in [-0.39, 0.29) is 6.42 Å². The number of aliphatic hydroxyl groups is 1.